The van der Waals surface area contributed by atoms with Crippen LogP contribution in [-0.2, 0) is 14.8 Å². The van der Waals surface area contributed by atoms with Gasteiger partial charge in [0.15, 0.2) is 0 Å². The molecular weight excluding hydrogens is 323 g/mol. The van der Waals surface area contributed by atoms with Gasteiger partial charge in [-0.3, -0.25) is 0 Å². The highest BCUT2D eigenvalue weighted by Gasteiger charge is 2.70. The lowest BCUT2D eigenvalue weighted by Gasteiger charge is -2.29. The molecule has 0 aliphatic rings. The van der Waals surface area contributed by atoms with Gasteiger partial charge in [0.05, 0.1) is 0 Å². The number of nitrogens with zero attached hydrogens (tertiary/aromatic N) is 1. The number of rotatable bonds is 7. The normalized spacial score (nSPS) is 13.5. The van der Waals surface area contributed by atoms with Crippen LogP contribution in [0.25, 0.3) is 0 Å². The van der Waals surface area contributed by atoms with Crippen LogP contribution in [0, 0.1) is 0 Å². The fourth-order valence-electron chi connectivity index (χ4n) is 1.09. The highest BCUT2D eigenvalue weighted by molar-refractivity contribution is 7.90. The molecular formula is C8H10F7NO3S. The van der Waals surface area contributed by atoms with E-state index in [2.05, 4.69) is 4.74 Å². The maximum Gasteiger partial charge on any atom is 0.483 e. The minimum absolute atomic E-state index is 0.0440. The molecule has 0 atom stereocenters. The molecule has 0 heterocycles. The molecule has 120 valence electrons. The zero-order chi connectivity index (χ0) is 16.4. The second-order valence-corrected chi connectivity index (χ2v) is 5.24. The van der Waals surface area contributed by atoms with E-state index < -0.39 is 46.6 Å². The molecule has 12 heteroatoms. The van der Waals surface area contributed by atoms with Crippen LogP contribution in [0.5, 0.6) is 0 Å². The van der Waals surface area contributed by atoms with E-state index in [9.17, 15) is 39.2 Å². The topological polar surface area (TPSA) is 46.6 Å². The Bertz CT molecular complexity index is 468. The van der Waals surface area contributed by atoms with E-state index in [0.717, 1.165) is 13.8 Å². The van der Waals surface area contributed by atoms with Crippen molar-refractivity contribution in [1.29, 1.82) is 0 Å². The van der Waals surface area contributed by atoms with Gasteiger partial charge >= 0.3 is 23.5 Å². The molecule has 0 aliphatic heterocycles. The fourth-order valence-corrected chi connectivity index (χ4v) is 2.43. The third-order valence-electron chi connectivity index (χ3n) is 2.07. The van der Waals surface area contributed by atoms with E-state index in [4.69, 9.17) is 0 Å². The van der Waals surface area contributed by atoms with Gasteiger partial charge in [0.1, 0.15) is 0 Å². The maximum absolute atomic E-state index is 13.3. The third kappa shape index (κ3) is 3.34. The smallest absolute Gasteiger partial charge is 0.397 e. The summed E-state index contributed by atoms with van der Waals surface area (Å²) in [7, 11) is -5.94. The molecule has 0 spiro atoms. The Balaban J connectivity index is 5.67. The first kappa shape index (κ1) is 19.0. The summed E-state index contributed by atoms with van der Waals surface area (Å²) < 4.78 is 113. The molecule has 0 unspecified atom stereocenters. The number of hydrogen-bond donors (Lipinski definition) is 0. The quantitative estimate of drug-likeness (QED) is 0.532. The van der Waals surface area contributed by atoms with Gasteiger partial charge in [0.2, 0.25) is 0 Å². The Labute approximate surface area is 109 Å². The van der Waals surface area contributed by atoms with Crippen LogP contribution >= 0.6 is 0 Å². The third-order valence-corrected chi connectivity index (χ3v) is 4.16. The van der Waals surface area contributed by atoms with E-state index in [1.807, 2.05) is 0 Å². The van der Waals surface area contributed by atoms with Crippen molar-refractivity contribution in [3.8, 4) is 0 Å². The summed E-state index contributed by atoms with van der Waals surface area (Å²) >= 11 is 0. The molecule has 0 aliphatic carbocycles. The molecule has 4 nitrogen and oxygen atoms in total. The predicted octanol–water partition coefficient (Wildman–Crippen LogP) is 2.90. The van der Waals surface area contributed by atoms with Crippen molar-refractivity contribution in [2.45, 2.75) is 25.2 Å². The lowest BCUT2D eigenvalue weighted by atomic mass is 10.6. The van der Waals surface area contributed by atoms with Crippen molar-refractivity contribution in [1.82, 2.24) is 4.31 Å². The molecule has 0 aromatic heterocycles. The molecule has 0 fully saturated rings. The molecule has 0 amide bonds. The molecule has 0 saturated carbocycles. The summed E-state index contributed by atoms with van der Waals surface area (Å²) in [6.07, 6.45) is -9.44. The monoisotopic (exact) mass is 333 g/mol. The van der Waals surface area contributed by atoms with Gasteiger partial charge in [-0.05, 0) is 0 Å². The van der Waals surface area contributed by atoms with Gasteiger partial charge in [0, 0.05) is 13.1 Å². The van der Waals surface area contributed by atoms with E-state index >= 15 is 0 Å². The van der Waals surface area contributed by atoms with E-state index in [0.29, 0.717) is 0 Å². The molecule has 0 radical (unpaired) electrons. The second kappa shape index (κ2) is 6.16. The van der Waals surface area contributed by atoms with Gasteiger partial charge in [-0.2, -0.15) is 35.0 Å². The van der Waals surface area contributed by atoms with Gasteiger partial charge < -0.3 is 4.74 Å². The van der Waals surface area contributed by atoms with Crippen LogP contribution in [-0.4, -0.2) is 37.2 Å². The predicted molar refractivity (Wildman–Crippen MR) is 53.2 cm³/mol. The minimum atomic E-state index is -6.01. The fraction of sp³-hybridized carbons (Fsp3) is 0.750. The number of halogens is 7. The largest absolute Gasteiger partial charge is 0.483 e. The zero-order valence-electron chi connectivity index (χ0n) is 10.1. The molecule has 0 aromatic rings. The van der Waals surface area contributed by atoms with E-state index in [1.165, 1.54) is 0 Å². The van der Waals surface area contributed by atoms with Gasteiger partial charge in [-0.1, -0.05) is 13.8 Å². The van der Waals surface area contributed by atoms with Gasteiger partial charge in [0.25, 0.3) is 10.0 Å². The van der Waals surface area contributed by atoms with E-state index in [-0.39, 0.29) is 4.31 Å². The Kier molecular flexibility index (Phi) is 5.84. The lowest BCUT2D eigenvalue weighted by Crippen LogP contribution is -2.54. The van der Waals surface area contributed by atoms with Crippen molar-refractivity contribution in [3.05, 3.63) is 12.1 Å². The zero-order valence-corrected chi connectivity index (χ0v) is 11.0. The summed E-state index contributed by atoms with van der Waals surface area (Å²) in [4.78, 5) is 0. The Morgan fingerprint density at radius 1 is 1.05 bits per heavy atom. The van der Waals surface area contributed by atoms with Gasteiger partial charge in [-0.15, -0.1) is 0 Å². The average molecular weight is 333 g/mol. The highest BCUT2D eigenvalue weighted by Crippen LogP contribution is 2.43. The van der Waals surface area contributed by atoms with Crippen LogP contribution in [0.3, 0.4) is 0 Å². The van der Waals surface area contributed by atoms with Crippen LogP contribution in [0.15, 0.2) is 12.1 Å². The summed E-state index contributed by atoms with van der Waals surface area (Å²) in [5, 5.41) is -5.93. The first-order chi connectivity index (χ1) is 8.85. The van der Waals surface area contributed by atoms with Crippen molar-refractivity contribution in [3.63, 3.8) is 0 Å². The summed E-state index contributed by atoms with van der Waals surface area (Å²) in [6.45, 7) is 0.996. The summed E-state index contributed by atoms with van der Waals surface area (Å²) in [5.74, 6) is 0. The summed E-state index contributed by atoms with van der Waals surface area (Å²) in [6, 6.07) is -3.29. The minimum Gasteiger partial charge on any atom is -0.397 e. The SMILES string of the molecule is CCN(CC)S(=O)(=O)C(F)(F)C(F)(F)OC(F)=C(F)F. The molecule has 20 heavy (non-hydrogen) atoms. The molecule has 0 aromatic carbocycles. The molecule has 0 saturated heterocycles. The lowest BCUT2D eigenvalue weighted by molar-refractivity contribution is -0.309. The van der Waals surface area contributed by atoms with Gasteiger partial charge in [-0.25, -0.2) is 8.42 Å². The van der Waals surface area contributed by atoms with E-state index in [1.54, 1.807) is 0 Å². The summed E-state index contributed by atoms with van der Waals surface area (Å²) in [5.41, 5.74) is 0. The van der Waals surface area contributed by atoms with Crippen LogP contribution in [0.1, 0.15) is 13.8 Å². The van der Waals surface area contributed by atoms with Crippen molar-refractivity contribution in [2.75, 3.05) is 13.1 Å². The van der Waals surface area contributed by atoms with Crippen molar-refractivity contribution in [2.24, 2.45) is 0 Å². The first-order valence-electron chi connectivity index (χ1n) is 5.00. The first-order valence-corrected chi connectivity index (χ1v) is 6.44. The van der Waals surface area contributed by atoms with Crippen molar-refractivity contribution < 1.29 is 43.9 Å². The molecule has 0 rings (SSSR count). The van der Waals surface area contributed by atoms with Crippen LogP contribution in [0.4, 0.5) is 30.7 Å². The number of sulfonamides is 1. The van der Waals surface area contributed by atoms with Crippen LogP contribution < -0.4 is 0 Å². The number of alkyl halides is 4. The average Bonchev–Trinajstić information content (AvgIpc) is 2.28. The van der Waals surface area contributed by atoms with Crippen LogP contribution in [0.2, 0.25) is 0 Å². The number of hydrogen-bond acceptors (Lipinski definition) is 3. The Morgan fingerprint density at radius 3 is 1.75 bits per heavy atom. The number of ether oxygens (including phenoxy) is 1. The second-order valence-electron chi connectivity index (χ2n) is 3.26. The Hall–Kier alpha value is -1.04. The molecule has 0 bridgehead atoms. The molecule has 0 N–H and O–H groups in total. The highest BCUT2D eigenvalue weighted by atomic mass is 32.2. The Morgan fingerprint density at radius 2 is 1.45 bits per heavy atom. The van der Waals surface area contributed by atoms with Crippen molar-refractivity contribution >= 4 is 10.0 Å². The maximum atomic E-state index is 13.3. The standard InChI is InChI=1S/C8H10F7NO3S/c1-3-16(4-2)20(17,18)8(14,15)7(12,13)19-6(11)5(9)10/h3-4H2,1-2H3.